The highest BCUT2D eigenvalue weighted by molar-refractivity contribution is 5.75. The van der Waals surface area contributed by atoms with Crippen LogP contribution in [0.15, 0.2) is 24.3 Å². The number of rotatable bonds is 5. The lowest BCUT2D eigenvalue weighted by Gasteiger charge is -2.32. The average molecular weight is 293 g/mol. The maximum Gasteiger partial charge on any atom is 0.311 e. The molecular weight excluding hydrogens is 269 g/mol. The first-order valence-corrected chi connectivity index (χ1v) is 7.63. The fourth-order valence-electron chi connectivity index (χ4n) is 3.41. The lowest BCUT2D eigenvalue weighted by Crippen LogP contribution is -2.40. The van der Waals surface area contributed by atoms with Crippen LogP contribution >= 0.6 is 0 Å². The zero-order valence-electron chi connectivity index (χ0n) is 13.0. The average Bonchev–Trinajstić information content (AvgIpc) is 2.88. The van der Waals surface area contributed by atoms with Crippen molar-refractivity contribution < 1.29 is 14.3 Å². The van der Waals surface area contributed by atoms with Crippen molar-refractivity contribution in [1.29, 1.82) is 0 Å². The second-order valence-electron chi connectivity index (χ2n) is 6.31. The highest BCUT2D eigenvalue weighted by Gasteiger charge is 2.48. The second kappa shape index (κ2) is 6.14. The minimum atomic E-state index is -0.700. The van der Waals surface area contributed by atoms with Crippen LogP contribution in [0.5, 0.6) is 0 Å². The predicted octanol–water partition coefficient (Wildman–Crippen LogP) is 3.71. The fraction of sp³-hybridized carbons (Fsp3) is 0.588. The van der Waals surface area contributed by atoms with Crippen molar-refractivity contribution >= 4 is 5.97 Å². The van der Waals surface area contributed by atoms with Crippen LogP contribution in [0.4, 0.5) is 4.39 Å². The molecule has 0 aliphatic carbocycles. The lowest BCUT2D eigenvalue weighted by molar-refractivity contribution is -0.151. The first-order valence-electron chi connectivity index (χ1n) is 7.63. The molecule has 1 aliphatic rings. The van der Waals surface area contributed by atoms with Crippen molar-refractivity contribution in [2.75, 3.05) is 13.1 Å². The van der Waals surface area contributed by atoms with E-state index >= 15 is 0 Å². The molecule has 3 nitrogen and oxygen atoms in total. The Kier molecular flexibility index (Phi) is 4.67. The van der Waals surface area contributed by atoms with Gasteiger partial charge in [-0.1, -0.05) is 32.9 Å². The van der Waals surface area contributed by atoms with Crippen LogP contribution in [0.25, 0.3) is 0 Å². The normalized spacial score (nSPS) is 24.4. The Morgan fingerprint density at radius 3 is 2.43 bits per heavy atom. The molecular formula is C17H24FNO2. The molecule has 1 aromatic rings. The van der Waals surface area contributed by atoms with Gasteiger partial charge in [0.2, 0.25) is 0 Å². The van der Waals surface area contributed by atoms with Crippen LogP contribution in [0, 0.1) is 17.2 Å². The number of likely N-dealkylation sites (tertiary alicyclic amines) is 1. The predicted molar refractivity (Wildman–Crippen MR) is 80.5 cm³/mol. The summed E-state index contributed by atoms with van der Waals surface area (Å²) in [5, 5.41) is 9.64. The van der Waals surface area contributed by atoms with Gasteiger partial charge in [0.15, 0.2) is 0 Å². The van der Waals surface area contributed by atoms with Crippen LogP contribution in [0.2, 0.25) is 0 Å². The Bertz CT molecular complexity index is 500. The quantitative estimate of drug-likeness (QED) is 0.899. The van der Waals surface area contributed by atoms with Gasteiger partial charge in [-0.05, 0) is 43.0 Å². The van der Waals surface area contributed by atoms with Gasteiger partial charge in [0, 0.05) is 12.6 Å². The van der Waals surface area contributed by atoms with Gasteiger partial charge in [-0.15, -0.1) is 0 Å². The Hall–Kier alpha value is -1.42. The molecule has 0 spiro atoms. The van der Waals surface area contributed by atoms with Gasteiger partial charge >= 0.3 is 5.97 Å². The summed E-state index contributed by atoms with van der Waals surface area (Å²) in [4.78, 5) is 14.0. The number of benzene rings is 1. The molecule has 116 valence electrons. The molecule has 1 aromatic carbocycles. The SMILES string of the molecule is CCC(c1ccc(F)cc1)N1CCC(C(=O)O)(C(C)C)C1. The summed E-state index contributed by atoms with van der Waals surface area (Å²) in [5.74, 6) is -0.836. The summed E-state index contributed by atoms with van der Waals surface area (Å²) >= 11 is 0. The third kappa shape index (κ3) is 2.95. The number of halogens is 1. The van der Waals surface area contributed by atoms with E-state index in [1.54, 1.807) is 12.1 Å². The molecule has 21 heavy (non-hydrogen) atoms. The molecule has 0 amide bonds. The molecule has 1 heterocycles. The van der Waals surface area contributed by atoms with Crippen molar-refractivity contribution in [2.24, 2.45) is 11.3 Å². The smallest absolute Gasteiger partial charge is 0.311 e. The Morgan fingerprint density at radius 2 is 2.00 bits per heavy atom. The van der Waals surface area contributed by atoms with E-state index in [2.05, 4.69) is 11.8 Å². The molecule has 1 N–H and O–H groups in total. The lowest BCUT2D eigenvalue weighted by atomic mass is 9.76. The number of carboxylic acid groups (broad SMARTS) is 1. The van der Waals surface area contributed by atoms with Gasteiger partial charge in [-0.2, -0.15) is 0 Å². The molecule has 2 unspecified atom stereocenters. The summed E-state index contributed by atoms with van der Waals surface area (Å²) in [6.07, 6.45) is 1.57. The van der Waals surface area contributed by atoms with Gasteiger partial charge in [0.1, 0.15) is 5.82 Å². The van der Waals surface area contributed by atoms with Crippen LogP contribution in [0.1, 0.15) is 45.2 Å². The van der Waals surface area contributed by atoms with E-state index in [-0.39, 0.29) is 17.8 Å². The van der Waals surface area contributed by atoms with Crippen molar-refractivity contribution in [3.8, 4) is 0 Å². The number of hydrogen-bond acceptors (Lipinski definition) is 2. The highest BCUT2D eigenvalue weighted by Crippen LogP contribution is 2.42. The van der Waals surface area contributed by atoms with Crippen LogP contribution in [-0.4, -0.2) is 29.1 Å². The first-order chi connectivity index (χ1) is 9.90. The van der Waals surface area contributed by atoms with E-state index in [0.29, 0.717) is 13.0 Å². The molecule has 0 saturated carbocycles. The van der Waals surface area contributed by atoms with Gasteiger partial charge in [-0.3, -0.25) is 9.69 Å². The minimum Gasteiger partial charge on any atom is -0.481 e. The fourth-order valence-corrected chi connectivity index (χ4v) is 3.41. The molecule has 4 heteroatoms. The van der Waals surface area contributed by atoms with Crippen molar-refractivity contribution in [3.05, 3.63) is 35.6 Å². The number of aliphatic carboxylic acids is 1. The summed E-state index contributed by atoms with van der Waals surface area (Å²) in [6.45, 7) is 7.40. The Labute approximate surface area is 125 Å². The number of carbonyl (C=O) groups is 1. The van der Waals surface area contributed by atoms with Crippen LogP contribution in [-0.2, 0) is 4.79 Å². The third-order valence-corrected chi connectivity index (χ3v) is 4.94. The number of nitrogens with zero attached hydrogens (tertiary/aromatic N) is 1. The molecule has 0 bridgehead atoms. The van der Waals surface area contributed by atoms with Crippen molar-refractivity contribution in [3.63, 3.8) is 0 Å². The van der Waals surface area contributed by atoms with Crippen LogP contribution in [0.3, 0.4) is 0 Å². The van der Waals surface area contributed by atoms with Gasteiger partial charge < -0.3 is 5.11 Å². The van der Waals surface area contributed by atoms with Gasteiger partial charge in [-0.25, -0.2) is 4.39 Å². The van der Waals surface area contributed by atoms with Gasteiger partial charge in [0.25, 0.3) is 0 Å². The van der Waals surface area contributed by atoms with Crippen molar-refractivity contribution in [1.82, 2.24) is 4.90 Å². The largest absolute Gasteiger partial charge is 0.481 e. The third-order valence-electron chi connectivity index (χ3n) is 4.94. The summed E-state index contributed by atoms with van der Waals surface area (Å²) in [6, 6.07) is 6.71. The summed E-state index contributed by atoms with van der Waals surface area (Å²) < 4.78 is 13.1. The van der Waals surface area contributed by atoms with Crippen molar-refractivity contribution in [2.45, 2.75) is 39.7 Å². The topological polar surface area (TPSA) is 40.5 Å². The van der Waals surface area contributed by atoms with Gasteiger partial charge in [0.05, 0.1) is 5.41 Å². The minimum absolute atomic E-state index is 0.103. The van der Waals surface area contributed by atoms with E-state index in [0.717, 1.165) is 18.5 Å². The standard InChI is InChI=1S/C17H24FNO2/c1-4-15(13-5-7-14(18)8-6-13)19-10-9-17(11-19,12(2)3)16(20)21/h5-8,12,15H,4,9-11H2,1-3H3,(H,20,21). The molecule has 0 radical (unpaired) electrons. The molecule has 2 rings (SSSR count). The summed E-state index contributed by atoms with van der Waals surface area (Å²) in [7, 11) is 0. The zero-order chi connectivity index (χ0) is 15.6. The maximum atomic E-state index is 13.1. The second-order valence-corrected chi connectivity index (χ2v) is 6.31. The van der Waals surface area contributed by atoms with Crippen LogP contribution < -0.4 is 0 Å². The number of hydrogen-bond donors (Lipinski definition) is 1. The van der Waals surface area contributed by atoms with E-state index < -0.39 is 11.4 Å². The van der Waals surface area contributed by atoms with E-state index in [4.69, 9.17) is 0 Å². The monoisotopic (exact) mass is 293 g/mol. The Morgan fingerprint density at radius 1 is 1.38 bits per heavy atom. The molecule has 1 fully saturated rings. The molecule has 2 atom stereocenters. The Balaban J connectivity index is 2.22. The highest BCUT2D eigenvalue weighted by atomic mass is 19.1. The molecule has 0 aromatic heterocycles. The first kappa shape index (κ1) is 16.0. The molecule has 1 saturated heterocycles. The van der Waals surface area contributed by atoms with E-state index in [1.165, 1.54) is 12.1 Å². The zero-order valence-corrected chi connectivity index (χ0v) is 13.0. The number of carboxylic acids is 1. The molecule has 1 aliphatic heterocycles. The summed E-state index contributed by atoms with van der Waals surface area (Å²) in [5.41, 5.74) is 0.400. The van der Waals surface area contributed by atoms with E-state index in [9.17, 15) is 14.3 Å². The maximum absolute atomic E-state index is 13.1. The van der Waals surface area contributed by atoms with E-state index in [1.807, 2.05) is 13.8 Å².